The van der Waals surface area contributed by atoms with Crippen LogP contribution in [0.1, 0.15) is 10.4 Å². The van der Waals surface area contributed by atoms with Crippen molar-refractivity contribution in [1.82, 2.24) is 10.2 Å². The number of hydrogen-bond donors (Lipinski definition) is 1. The number of azide groups is 1. The van der Waals surface area contributed by atoms with E-state index in [0.29, 0.717) is 37.7 Å². The first-order valence-electron chi connectivity index (χ1n) is 7.63. The molecule has 0 spiro atoms. The first kappa shape index (κ1) is 17.1. The van der Waals surface area contributed by atoms with Crippen molar-refractivity contribution in [2.45, 2.75) is 0 Å². The summed E-state index contributed by atoms with van der Waals surface area (Å²) in [6.07, 6.45) is 0. The van der Waals surface area contributed by atoms with Gasteiger partial charge in [0, 0.05) is 43.2 Å². The number of benzene rings is 1. The number of rotatable bonds is 8. The molecule has 124 valence electrons. The average Bonchev–Trinajstić information content (AvgIpc) is 2.61. The number of carbonyl (C=O) groups is 1. The second-order valence-electron chi connectivity index (χ2n) is 4.99. The van der Waals surface area contributed by atoms with Crippen LogP contribution >= 0.6 is 0 Å². The van der Waals surface area contributed by atoms with Gasteiger partial charge in [0.15, 0.2) is 0 Å². The highest BCUT2D eigenvalue weighted by molar-refractivity contribution is 5.94. The first-order chi connectivity index (χ1) is 11.3. The van der Waals surface area contributed by atoms with E-state index in [-0.39, 0.29) is 5.91 Å². The van der Waals surface area contributed by atoms with Crippen LogP contribution < -0.4 is 10.1 Å². The predicted molar refractivity (Wildman–Crippen MR) is 85.5 cm³/mol. The SMILES string of the molecule is [N-]=[N+]=NCCOCCOc1cccc(C(=O)N2CCNCC2)c1. The highest BCUT2D eigenvalue weighted by Gasteiger charge is 2.18. The van der Waals surface area contributed by atoms with Crippen LogP contribution in [0.4, 0.5) is 0 Å². The van der Waals surface area contributed by atoms with E-state index in [2.05, 4.69) is 15.3 Å². The third-order valence-electron chi connectivity index (χ3n) is 3.38. The van der Waals surface area contributed by atoms with E-state index in [4.69, 9.17) is 15.0 Å². The zero-order valence-electron chi connectivity index (χ0n) is 13.0. The summed E-state index contributed by atoms with van der Waals surface area (Å²) < 4.78 is 10.8. The molecule has 0 radical (unpaired) electrons. The van der Waals surface area contributed by atoms with Gasteiger partial charge in [0.25, 0.3) is 5.91 Å². The third kappa shape index (κ3) is 5.78. The smallest absolute Gasteiger partial charge is 0.254 e. The summed E-state index contributed by atoms with van der Waals surface area (Å²) >= 11 is 0. The number of piperazine rings is 1. The summed E-state index contributed by atoms with van der Waals surface area (Å²) in [6, 6.07) is 7.18. The number of hydrogen-bond acceptors (Lipinski definition) is 5. The maximum absolute atomic E-state index is 12.4. The summed E-state index contributed by atoms with van der Waals surface area (Å²) in [5.74, 6) is 0.673. The van der Waals surface area contributed by atoms with E-state index in [1.54, 1.807) is 12.1 Å². The Morgan fingerprint density at radius 2 is 2.13 bits per heavy atom. The second kappa shape index (κ2) is 9.68. The fourth-order valence-corrected chi connectivity index (χ4v) is 2.24. The maximum atomic E-state index is 12.4. The highest BCUT2D eigenvalue weighted by atomic mass is 16.5. The number of nitrogens with one attached hydrogen (secondary N) is 1. The average molecular weight is 319 g/mol. The van der Waals surface area contributed by atoms with Crippen LogP contribution in [0, 0.1) is 0 Å². The fourth-order valence-electron chi connectivity index (χ4n) is 2.24. The van der Waals surface area contributed by atoms with Gasteiger partial charge in [-0.15, -0.1) is 0 Å². The molecule has 0 aromatic heterocycles. The number of amides is 1. The molecule has 1 heterocycles. The quantitative estimate of drug-likeness (QED) is 0.339. The standard InChI is InChI=1S/C15H21N5O3/c16-19-18-6-9-22-10-11-23-14-3-1-2-13(12-14)15(21)20-7-4-17-5-8-20/h1-3,12,17H,4-11H2. The van der Waals surface area contributed by atoms with Gasteiger partial charge in [-0.05, 0) is 23.7 Å². The topological polar surface area (TPSA) is 99.6 Å². The molecular formula is C15H21N5O3. The van der Waals surface area contributed by atoms with Crippen LogP contribution in [0.25, 0.3) is 10.4 Å². The van der Waals surface area contributed by atoms with Gasteiger partial charge in [0.1, 0.15) is 12.4 Å². The molecule has 1 aromatic carbocycles. The molecular weight excluding hydrogens is 298 g/mol. The molecule has 1 N–H and O–H groups in total. The van der Waals surface area contributed by atoms with Gasteiger partial charge in [-0.3, -0.25) is 4.79 Å². The Balaban J connectivity index is 1.77. The lowest BCUT2D eigenvalue weighted by molar-refractivity contribution is 0.0735. The second-order valence-corrected chi connectivity index (χ2v) is 4.99. The van der Waals surface area contributed by atoms with Crippen LogP contribution in [-0.4, -0.2) is 63.4 Å². The monoisotopic (exact) mass is 319 g/mol. The Morgan fingerprint density at radius 3 is 2.91 bits per heavy atom. The Bertz CT molecular complexity index is 554. The summed E-state index contributed by atoms with van der Waals surface area (Å²) in [5.41, 5.74) is 8.76. The van der Waals surface area contributed by atoms with E-state index >= 15 is 0 Å². The van der Waals surface area contributed by atoms with Crippen molar-refractivity contribution in [3.8, 4) is 5.75 Å². The van der Waals surface area contributed by atoms with Crippen LogP contribution in [0.15, 0.2) is 29.4 Å². The molecule has 8 nitrogen and oxygen atoms in total. The summed E-state index contributed by atoms with van der Waals surface area (Å²) in [7, 11) is 0. The van der Waals surface area contributed by atoms with Crippen molar-refractivity contribution in [1.29, 1.82) is 0 Å². The van der Waals surface area contributed by atoms with E-state index in [9.17, 15) is 4.79 Å². The van der Waals surface area contributed by atoms with Crippen molar-refractivity contribution in [2.75, 3.05) is 52.5 Å². The molecule has 0 aliphatic carbocycles. The Labute approximate surface area is 135 Å². The molecule has 1 amide bonds. The highest BCUT2D eigenvalue weighted by Crippen LogP contribution is 2.15. The van der Waals surface area contributed by atoms with Crippen LogP contribution in [0.5, 0.6) is 5.75 Å². The van der Waals surface area contributed by atoms with Crippen molar-refractivity contribution in [3.63, 3.8) is 0 Å². The number of ether oxygens (including phenoxy) is 2. The molecule has 0 bridgehead atoms. The minimum Gasteiger partial charge on any atom is -0.491 e. The molecule has 1 aliphatic rings. The summed E-state index contributed by atoms with van der Waals surface area (Å²) in [5, 5.41) is 6.60. The van der Waals surface area contributed by atoms with E-state index in [0.717, 1.165) is 26.2 Å². The zero-order chi connectivity index (χ0) is 16.3. The van der Waals surface area contributed by atoms with Crippen molar-refractivity contribution in [3.05, 3.63) is 40.3 Å². The molecule has 0 saturated carbocycles. The van der Waals surface area contributed by atoms with Crippen molar-refractivity contribution < 1.29 is 14.3 Å². The molecule has 2 rings (SSSR count). The van der Waals surface area contributed by atoms with Crippen molar-refractivity contribution in [2.24, 2.45) is 5.11 Å². The molecule has 1 fully saturated rings. The maximum Gasteiger partial charge on any atom is 0.254 e. The minimum absolute atomic E-state index is 0.0302. The Morgan fingerprint density at radius 1 is 1.30 bits per heavy atom. The van der Waals surface area contributed by atoms with E-state index < -0.39 is 0 Å². The molecule has 8 heteroatoms. The van der Waals surface area contributed by atoms with Crippen LogP contribution in [0.2, 0.25) is 0 Å². The van der Waals surface area contributed by atoms with Crippen LogP contribution in [0.3, 0.4) is 0 Å². The lowest BCUT2D eigenvalue weighted by Crippen LogP contribution is -2.46. The largest absolute Gasteiger partial charge is 0.491 e. The van der Waals surface area contributed by atoms with Crippen LogP contribution in [-0.2, 0) is 4.74 Å². The van der Waals surface area contributed by atoms with Gasteiger partial charge in [-0.2, -0.15) is 0 Å². The van der Waals surface area contributed by atoms with Gasteiger partial charge in [0.2, 0.25) is 0 Å². The van der Waals surface area contributed by atoms with Gasteiger partial charge in [-0.1, -0.05) is 11.2 Å². The normalized spacial score (nSPS) is 14.2. The Hall–Kier alpha value is -2.28. The molecule has 0 unspecified atom stereocenters. The lowest BCUT2D eigenvalue weighted by Gasteiger charge is -2.27. The fraction of sp³-hybridized carbons (Fsp3) is 0.533. The third-order valence-corrected chi connectivity index (χ3v) is 3.38. The molecule has 1 aliphatic heterocycles. The van der Waals surface area contributed by atoms with Gasteiger partial charge in [0.05, 0.1) is 13.2 Å². The minimum atomic E-state index is 0.0302. The van der Waals surface area contributed by atoms with Gasteiger partial charge >= 0.3 is 0 Å². The lowest BCUT2D eigenvalue weighted by atomic mass is 10.1. The van der Waals surface area contributed by atoms with Gasteiger partial charge < -0.3 is 19.7 Å². The molecule has 1 aromatic rings. The zero-order valence-corrected chi connectivity index (χ0v) is 13.0. The summed E-state index contributed by atoms with van der Waals surface area (Å²) in [6.45, 7) is 4.56. The summed E-state index contributed by atoms with van der Waals surface area (Å²) in [4.78, 5) is 16.9. The van der Waals surface area contributed by atoms with E-state index in [1.165, 1.54) is 0 Å². The molecule has 0 atom stereocenters. The van der Waals surface area contributed by atoms with Crippen molar-refractivity contribution >= 4 is 5.91 Å². The number of nitrogens with zero attached hydrogens (tertiary/aromatic N) is 4. The number of carbonyl (C=O) groups excluding carboxylic acids is 1. The predicted octanol–water partition coefficient (Wildman–Crippen LogP) is 1.44. The molecule has 23 heavy (non-hydrogen) atoms. The Kier molecular flexibility index (Phi) is 7.19. The molecule has 1 saturated heterocycles. The van der Waals surface area contributed by atoms with E-state index in [1.807, 2.05) is 17.0 Å². The first-order valence-corrected chi connectivity index (χ1v) is 7.63. The van der Waals surface area contributed by atoms with Gasteiger partial charge in [-0.25, -0.2) is 0 Å².